The van der Waals surface area contributed by atoms with Gasteiger partial charge in [-0.2, -0.15) is 4.98 Å². The van der Waals surface area contributed by atoms with Gasteiger partial charge in [0.1, 0.15) is 5.82 Å². The first-order valence-electron chi connectivity index (χ1n) is 9.03. The average molecular weight is 433 g/mol. The number of aromatic nitrogens is 5. The number of thiophene rings is 1. The number of nitrogens with two attached hydrogens (primary N) is 1. The van der Waals surface area contributed by atoms with Crippen molar-refractivity contribution in [1.29, 1.82) is 0 Å². The molecule has 10 heteroatoms. The van der Waals surface area contributed by atoms with Crippen LogP contribution in [-0.4, -0.2) is 24.9 Å². The lowest BCUT2D eigenvalue weighted by atomic mass is 9.99. The minimum atomic E-state index is -0.552. The van der Waals surface area contributed by atoms with E-state index < -0.39 is 5.54 Å². The lowest BCUT2D eigenvalue weighted by molar-refractivity contribution is 0.372. The molecule has 3 aromatic heterocycles. The van der Waals surface area contributed by atoms with Crippen molar-refractivity contribution in [1.82, 2.24) is 24.9 Å². The summed E-state index contributed by atoms with van der Waals surface area (Å²) >= 11 is 1.52. The van der Waals surface area contributed by atoms with Crippen LogP contribution in [0.15, 0.2) is 46.3 Å². The molecule has 1 aliphatic carbocycles. The lowest BCUT2D eigenvalue weighted by Gasteiger charge is -2.17. The Bertz CT molecular complexity index is 1120. The number of nitrogens with zero attached hydrogens (tertiary/aromatic N) is 5. The average Bonchev–Trinajstić information content (AvgIpc) is 3.45. The molecule has 3 heterocycles. The summed E-state index contributed by atoms with van der Waals surface area (Å²) in [5.74, 6) is 1.21. The third-order valence-electron chi connectivity index (χ3n) is 4.96. The van der Waals surface area contributed by atoms with E-state index >= 15 is 0 Å². The van der Waals surface area contributed by atoms with E-state index in [9.17, 15) is 4.39 Å². The summed E-state index contributed by atoms with van der Waals surface area (Å²) in [6, 6.07) is 10.0. The minimum absolute atomic E-state index is 0. The number of benzene rings is 1. The molecule has 150 valence electrons. The van der Waals surface area contributed by atoms with E-state index in [2.05, 4.69) is 20.2 Å². The molecule has 1 aromatic carbocycles. The highest BCUT2D eigenvalue weighted by Crippen LogP contribution is 2.35. The fourth-order valence-electron chi connectivity index (χ4n) is 3.50. The van der Waals surface area contributed by atoms with Gasteiger partial charge in [0, 0.05) is 0 Å². The largest absolute Gasteiger partial charge is 0.330 e. The molecule has 2 N–H and O–H groups in total. The zero-order chi connectivity index (χ0) is 19.1. The Hall–Kier alpha value is -2.62. The maximum Gasteiger partial charge on any atom is 0.297 e. The van der Waals surface area contributed by atoms with Crippen molar-refractivity contribution >= 4 is 23.7 Å². The number of halogens is 2. The lowest BCUT2D eigenvalue weighted by Crippen LogP contribution is -2.34. The second kappa shape index (κ2) is 7.66. The highest BCUT2D eigenvalue weighted by Gasteiger charge is 2.36. The van der Waals surface area contributed by atoms with Gasteiger partial charge < -0.3 is 10.3 Å². The highest BCUT2D eigenvalue weighted by atomic mass is 35.5. The number of rotatable bonds is 4. The Morgan fingerprint density at radius 1 is 1.14 bits per heavy atom. The molecule has 0 aliphatic heterocycles. The molecule has 0 radical (unpaired) electrons. The first kappa shape index (κ1) is 19.7. The molecule has 4 aromatic rings. The smallest absolute Gasteiger partial charge is 0.297 e. The molecular formula is C19H18ClFN6OS. The SMILES string of the molecule is Cl.NC1(c2noc(-c3nc(-c4cccs4)n(-c4cccc(F)c4)n3)n2)CCCC1. The van der Waals surface area contributed by atoms with Gasteiger partial charge in [0.05, 0.1) is 16.1 Å². The van der Waals surface area contributed by atoms with Crippen LogP contribution in [0.2, 0.25) is 0 Å². The van der Waals surface area contributed by atoms with Crippen molar-refractivity contribution in [3.8, 4) is 28.1 Å². The van der Waals surface area contributed by atoms with Crippen LogP contribution in [0.4, 0.5) is 4.39 Å². The fraction of sp³-hybridized carbons (Fsp3) is 0.263. The van der Waals surface area contributed by atoms with Gasteiger partial charge in [-0.05, 0) is 42.5 Å². The zero-order valence-corrected chi connectivity index (χ0v) is 16.9. The third kappa shape index (κ3) is 3.57. The van der Waals surface area contributed by atoms with Crippen LogP contribution in [0.1, 0.15) is 31.5 Å². The summed E-state index contributed by atoms with van der Waals surface area (Å²) in [6.07, 6.45) is 3.76. The van der Waals surface area contributed by atoms with Gasteiger partial charge in [-0.3, -0.25) is 0 Å². The summed E-state index contributed by atoms with van der Waals surface area (Å²) in [6.45, 7) is 0. The van der Waals surface area contributed by atoms with Crippen molar-refractivity contribution in [2.75, 3.05) is 0 Å². The van der Waals surface area contributed by atoms with Gasteiger partial charge in [-0.1, -0.05) is 30.1 Å². The molecule has 1 aliphatic rings. The van der Waals surface area contributed by atoms with Crippen LogP contribution in [0, 0.1) is 5.82 Å². The molecule has 1 saturated carbocycles. The molecular weight excluding hydrogens is 415 g/mol. The van der Waals surface area contributed by atoms with Gasteiger partial charge >= 0.3 is 0 Å². The molecule has 0 amide bonds. The number of hydrogen-bond acceptors (Lipinski definition) is 7. The van der Waals surface area contributed by atoms with Crippen LogP contribution in [0.25, 0.3) is 28.1 Å². The van der Waals surface area contributed by atoms with E-state index in [0.29, 0.717) is 17.3 Å². The van der Waals surface area contributed by atoms with Gasteiger partial charge in [0.15, 0.2) is 11.6 Å². The van der Waals surface area contributed by atoms with Crippen molar-refractivity contribution in [3.05, 3.63) is 53.4 Å². The Labute approximate surface area is 176 Å². The van der Waals surface area contributed by atoms with Crippen LogP contribution in [0.3, 0.4) is 0 Å². The van der Waals surface area contributed by atoms with Gasteiger partial charge in [0.25, 0.3) is 5.89 Å². The minimum Gasteiger partial charge on any atom is -0.330 e. The van der Waals surface area contributed by atoms with E-state index in [1.807, 2.05) is 17.5 Å². The number of hydrogen-bond donors (Lipinski definition) is 1. The van der Waals surface area contributed by atoms with Crippen LogP contribution in [0.5, 0.6) is 0 Å². The molecule has 5 rings (SSSR count). The second-order valence-electron chi connectivity index (χ2n) is 6.91. The van der Waals surface area contributed by atoms with Crippen molar-refractivity contribution < 1.29 is 8.91 Å². The summed E-state index contributed by atoms with van der Waals surface area (Å²) in [5.41, 5.74) is 6.43. The Morgan fingerprint density at radius 3 is 2.69 bits per heavy atom. The third-order valence-corrected chi connectivity index (χ3v) is 5.83. The first-order valence-corrected chi connectivity index (χ1v) is 9.91. The second-order valence-corrected chi connectivity index (χ2v) is 7.86. The van der Waals surface area contributed by atoms with Gasteiger partial charge in [-0.15, -0.1) is 28.8 Å². The van der Waals surface area contributed by atoms with E-state index in [1.165, 1.54) is 23.5 Å². The monoisotopic (exact) mass is 432 g/mol. The topological polar surface area (TPSA) is 95.7 Å². The highest BCUT2D eigenvalue weighted by molar-refractivity contribution is 7.13. The standard InChI is InChI=1S/C19H17FN6OS.ClH/c20-12-5-3-6-13(11-12)26-16(14-7-4-10-28-14)22-15(24-26)17-23-18(25-27-17)19(21)8-1-2-9-19;/h3-7,10-11H,1-2,8-9,21H2;1H. The summed E-state index contributed by atoms with van der Waals surface area (Å²) in [4.78, 5) is 9.96. The van der Waals surface area contributed by atoms with Crippen molar-refractivity contribution in [2.45, 2.75) is 31.2 Å². The Morgan fingerprint density at radius 2 is 1.97 bits per heavy atom. The zero-order valence-electron chi connectivity index (χ0n) is 15.3. The van der Waals surface area contributed by atoms with Crippen LogP contribution in [-0.2, 0) is 5.54 Å². The quantitative estimate of drug-likeness (QED) is 0.515. The summed E-state index contributed by atoms with van der Waals surface area (Å²) in [7, 11) is 0. The van der Waals surface area contributed by atoms with E-state index in [-0.39, 0.29) is 29.9 Å². The molecule has 0 atom stereocenters. The first-order chi connectivity index (χ1) is 13.6. The molecule has 0 saturated heterocycles. The molecule has 0 bridgehead atoms. The van der Waals surface area contributed by atoms with Crippen molar-refractivity contribution in [3.63, 3.8) is 0 Å². The van der Waals surface area contributed by atoms with E-state index in [4.69, 9.17) is 10.3 Å². The predicted octanol–water partition coefficient (Wildman–Crippen LogP) is 4.33. The van der Waals surface area contributed by atoms with Crippen LogP contribution >= 0.6 is 23.7 Å². The summed E-state index contributed by atoms with van der Waals surface area (Å²) in [5, 5.41) is 10.5. The fourth-order valence-corrected chi connectivity index (χ4v) is 4.20. The predicted molar refractivity (Wildman–Crippen MR) is 110 cm³/mol. The Kier molecular flexibility index (Phi) is 5.20. The molecule has 29 heavy (non-hydrogen) atoms. The van der Waals surface area contributed by atoms with Crippen LogP contribution < -0.4 is 5.73 Å². The van der Waals surface area contributed by atoms with E-state index in [1.54, 1.807) is 16.8 Å². The van der Waals surface area contributed by atoms with Gasteiger partial charge in [0.2, 0.25) is 5.82 Å². The molecule has 0 spiro atoms. The summed E-state index contributed by atoms with van der Waals surface area (Å²) < 4.78 is 20.8. The maximum absolute atomic E-state index is 13.8. The molecule has 0 unspecified atom stereocenters. The molecule has 1 fully saturated rings. The molecule has 7 nitrogen and oxygen atoms in total. The van der Waals surface area contributed by atoms with Gasteiger partial charge in [-0.25, -0.2) is 14.1 Å². The normalized spacial score (nSPS) is 15.4. The maximum atomic E-state index is 13.8. The van der Waals surface area contributed by atoms with Crippen molar-refractivity contribution in [2.24, 2.45) is 5.73 Å². The van der Waals surface area contributed by atoms with E-state index in [0.717, 1.165) is 30.6 Å². The Balaban J connectivity index is 0.00000205.